The average Bonchev–Trinajstić information content (AvgIpc) is 2.99. The zero-order valence-electron chi connectivity index (χ0n) is 9.63. The first kappa shape index (κ1) is 13.3. The maximum atomic E-state index is 11.8. The van der Waals surface area contributed by atoms with Crippen molar-refractivity contribution >= 4 is 21.4 Å². The van der Waals surface area contributed by atoms with E-state index >= 15 is 0 Å². The van der Waals surface area contributed by atoms with E-state index in [1.54, 1.807) is 17.4 Å². The summed E-state index contributed by atoms with van der Waals surface area (Å²) >= 11 is 1.59. The van der Waals surface area contributed by atoms with Crippen LogP contribution in [0.1, 0.15) is 11.3 Å². The summed E-state index contributed by atoms with van der Waals surface area (Å²) in [5.41, 5.74) is 6.48. The summed E-state index contributed by atoms with van der Waals surface area (Å²) in [5.74, 6) is 0.452. The second-order valence-corrected chi connectivity index (χ2v) is 6.18. The van der Waals surface area contributed by atoms with Crippen LogP contribution in [0.25, 0.3) is 0 Å². The lowest BCUT2D eigenvalue weighted by Crippen LogP contribution is -2.25. The van der Waals surface area contributed by atoms with E-state index in [0.29, 0.717) is 18.7 Å². The van der Waals surface area contributed by atoms with Crippen LogP contribution in [0, 0.1) is 0 Å². The van der Waals surface area contributed by atoms with E-state index in [1.807, 2.05) is 16.8 Å². The van der Waals surface area contributed by atoms with Crippen LogP contribution in [0.2, 0.25) is 0 Å². The molecule has 3 N–H and O–H groups in total. The summed E-state index contributed by atoms with van der Waals surface area (Å²) in [4.78, 5) is 0. The summed E-state index contributed by atoms with van der Waals surface area (Å²) in [7, 11) is -3.57. The molecule has 0 aliphatic rings. The summed E-state index contributed by atoms with van der Waals surface area (Å²) in [5, 5.41) is 3.87. The van der Waals surface area contributed by atoms with Crippen molar-refractivity contribution in [3.63, 3.8) is 0 Å². The summed E-state index contributed by atoms with van der Waals surface area (Å²) in [6.45, 7) is 0.530. The van der Waals surface area contributed by atoms with E-state index in [4.69, 9.17) is 10.2 Å². The predicted octanol–water partition coefficient (Wildman–Crippen LogP) is 1.32. The molecular formula is C11H14N2O3S2. The van der Waals surface area contributed by atoms with Gasteiger partial charge in [0.25, 0.3) is 10.0 Å². The highest BCUT2D eigenvalue weighted by Crippen LogP contribution is 2.13. The largest absolute Gasteiger partial charge is 0.447 e. The van der Waals surface area contributed by atoms with Gasteiger partial charge in [-0.05, 0) is 40.9 Å². The first-order valence-corrected chi connectivity index (χ1v) is 7.84. The second-order valence-electron chi connectivity index (χ2n) is 3.70. The third kappa shape index (κ3) is 3.20. The van der Waals surface area contributed by atoms with Crippen LogP contribution < -0.4 is 10.5 Å². The fraction of sp³-hybridized carbons (Fsp3) is 0.273. The normalized spacial score (nSPS) is 11.8. The molecule has 18 heavy (non-hydrogen) atoms. The Morgan fingerprint density at radius 2 is 2.17 bits per heavy atom. The van der Waals surface area contributed by atoms with Gasteiger partial charge in [-0.15, -0.1) is 0 Å². The van der Waals surface area contributed by atoms with Crippen LogP contribution in [0.15, 0.2) is 38.5 Å². The van der Waals surface area contributed by atoms with Gasteiger partial charge in [0.05, 0.1) is 6.54 Å². The Kier molecular flexibility index (Phi) is 4.18. The van der Waals surface area contributed by atoms with Crippen LogP contribution in [0.3, 0.4) is 0 Å². The van der Waals surface area contributed by atoms with E-state index in [0.717, 1.165) is 5.56 Å². The molecule has 0 bridgehead atoms. The fourth-order valence-electron chi connectivity index (χ4n) is 1.45. The number of hydrogen-bond donors (Lipinski definition) is 2. The van der Waals surface area contributed by atoms with E-state index in [9.17, 15) is 8.42 Å². The maximum absolute atomic E-state index is 11.8. The molecule has 0 aliphatic carbocycles. The van der Waals surface area contributed by atoms with Gasteiger partial charge in [-0.25, -0.2) is 13.1 Å². The number of rotatable bonds is 6. The highest BCUT2D eigenvalue weighted by Gasteiger charge is 2.17. The van der Waals surface area contributed by atoms with Crippen molar-refractivity contribution in [2.75, 3.05) is 6.54 Å². The minimum absolute atomic E-state index is 0.0896. The second kappa shape index (κ2) is 5.66. The molecule has 0 radical (unpaired) electrons. The molecule has 2 heterocycles. The van der Waals surface area contributed by atoms with Crippen LogP contribution in [0.5, 0.6) is 0 Å². The standard InChI is InChI=1S/C11H14N2O3S2/c12-7-10-1-2-11(16-10)18(14,15)13-5-3-9-4-6-17-8-9/h1-2,4,6,8,13H,3,5,7,12H2. The van der Waals surface area contributed by atoms with Crippen molar-refractivity contribution in [3.8, 4) is 0 Å². The number of nitrogens with two attached hydrogens (primary N) is 1. The first-order valence-electron chi connectivity index (χ1n) is 5.41. The summed E-state index contributed by atoms with van der Waals surface area (Å²) in [6.07, 6.45) is 0.660. The van der Waals surface area contributed by atoms with Crippen molar-refractivity contribution in [2.24, 2.45) is 5.73 Å². The van der Waals surface area contributed by atoms with Gasteiger partial charge in [0.1, 0.15) is 5.76 Å². The lowest BCUT2D eigenvalue weighted by atomic mass is 10.2. The molecule has 0 spiro atoms. The third-order valence-corrected chi connectivity index (χ3v) is 4.45. The van der Waals surface area contributed by atoms with Crippen LogP contribution in [-0.2, 0) is 23.0 Å². The SMILES string of the molecule is NCc1ccc(S(=O)(=O)NCCc2ccsc2)o1. The van der Waals surface area contributed by atoms with Gasteiger partial charge in [0.15, 0.2) is 0 Å². The fourth-order valence-corrected chi connectivity index (χ4v) is 3.13. The molecule has 0 aromatic carbocycles. The minimum Gasteiger partial charge on any atom is -0.447 e. The Morgan fingerprint density at radius 3 is 2.78 bits per heavy atom. The topological polar surface area (TPSA) is 85.3 Å². The number of thiophene rings is 1. The van der Waals surface area contributed by atoms with Gasteiger partial charge in [0, 0.05) is 6.54 Å². The molecule has 0 aliphatic heterocycles. The van der Waals surface area contributed by atoms with Crippen molar-refractivity contribution in [1.29, 1.82) is 0 Å². The first-order chi connectivity index (χ1) is 8.62. The molecule has 0 unspecified atom stereocenters. The lowest BCUT2D eigenvalue weighted by molar-refractivity contribution is 0.413. The predicted molar refractivity (Wildman–Crippen MR) is 69.8 cm³/mol. The van der Waals surface area contributed by atoms with Gasteiger partial charge >= 0.3 is 0 Å². The maximum Gasteiger partial charge on any atom is 0.273 e. The third-order valence-electron chi connectivity index (χ3n) is 2.39. The van der Waals surface area contributed by atoms with Gasteiger partial charge in [-0.1, -0.05) is 0 Å². The van der Waals surface area contributed by atoms with Gasteiger partial charge in [0.2, 0.25) is 5.09 Å². The Hall–Kier alpha value is -1.15. The number of hydrogen-bond acceptors (Lipinski definition) is 5. The van der Waals surface area contributed by atoms with E-state index in [-0.39, 0.29) is 11.6 Å². The monoisotopic (exact) mass is 286 g/mol. The number of nitrogens with one attached hydrogen (secondary N) is 1. The Balaban J connectivity index is 1.95. The van der Waals surface area contributed by atoms with Crippen LogP contribution >= 0.6 is 11.3 Å². The van der Waals surface area contributed by atoms with E-state index in [2.05, 4.69) is 4.72 Å². The molecule has 0 atom stereocenters. The van der Waals surface area contributed by atoms with Crippen LogP contribution in [0.4, 0.5) is 0 Å². The number of sulfonamides is 1. The Labute approximate surface area is 110 Å². The molecule has 0 saturated heterocycles. The molecule has 2 aromatic heterocycles. The molecule has 0 saturated carbocycles. The zero-order valence-corrected chi connectivity index (χ0v) is 11.3. The highest BCUT2D eigenvalue weighted by molar-refractivity contribution is 7.89. The quantitative estimate of drug-likeness (QED) is 0.838. The van der Waals surface area contributed by atoms with Gasteiger partial charge in [-0.2, -0.15) is 11.3 Å². The van der Waals surface area contributed by atoms with Gasteiger partial charge < -0.3 is 10.2 Å². The molecule has 5 nitrogen and oxygen atoms in total. The molecule has 2 aromatic rings. The zero-order chi connectivity index (χ0) is 13.0. The highest BCUT2D eigenvalue weighted by atomic mass is 32.2. The molecule has 7 heteroatoms. The lowest BCUT2D eigenvalue weighted by Gasteiger charge is -2.03. The summed E-state index contributed by atoms with van der Waals surface area (Å²) in [6, 6.07) is 4.95. The van der Waals surface area contributed by atoms with Crippen LogP contribution in [-0.4, -0.2) is 15.0 Å². The van der Waals surface area contributed by atoms with Crippen molar-refractivity contribution in [2.45, 2.75) is 18.1 Å². The van der Waals surface area contributed by atoms with Gasteiger partial charge in [-0.3, -0.25) is 0 Å². The van der Waals surface area contributed by atoms with E-state index < -0.39 is 10.0 Å². The molecule has 2 rings (SSSR count). The average molecular weight is 286 g/mol. The smallest absolute Gasteiger partial charge is 0.273 e. The summed E-state index contributed by atoms with van der Waals surface area (Å²) < 4.78 is 31.3. The Bertz CT molecular complexity index is 588. The molecule has 98 valence electrons. The number of furan rings is 1. The minimum atomic E-state index is -3.57. The van der Waals surface area contributed by atoms with Crippen molar-refractivity contribution in [3.05, 3.63) is 40.3 Å². The molecular weight excluding hydrogens is 272 g/mol. The van der Waals surface area contributed by atoms with Crippen molar-refractivity contribution in [1.82, 2.24) is 4.72 Å². The molecule has 0 fully saturated rings. The Morgan fingerprint density at radius 1 is 1.33 bits per heavy atom. The van der Waals surface area contributed by atoms with Crippen molar-refractivity contribution < 1.29 is 12.8 Å². The molecule has 0 amide bonds. The van der Waals surface area contributed by atoms with E-state index in [1.165, 1.54) is 6.07 Å².